The van der Waals surface area contributed by atoms with E-state index in [1.54, 1.807) is 24.3 Å². The minimum Gasteiger partial charge on any atom is -0.491 e. The molecule has 5 heteroatoms. The van der Waals surface area contributed by atoms with Gasteiger partial charge in [0, 0.05) is 17.7 Å². The SMILES string of the molecule is CC(C)Oc1ccc(C(Br)c2c(F)cc(F)cc2F)cc1. The van der Waals surface area contributed by atoms with E-state index in [2.05, 4.69) is 15.9 Å². The molecule has 21 heavy (non-hydrogen) atoms. The maximum absolute atomic E-state index is 13.8. The monoisotopic (exact) mass is 358 g/mol. The lowest BCUT2D eigenvalue weighted by Gasteiger charge is -2.14. The highest BCUT2D eigenvalue weighted by Gasteiger charge is 2.20. The van der Waals surface area contributed by atoms with Gasteiger partial charge in [0.2, 0.25) is 0 Å². The van der Waals surface area contributed by atoms with Gasteiger partial charge in [0.1, 0.15) is 23.2 Å². The molecule has 112 valence electrons. The Kier molecular flexibility index (Phi) is 4.93. The summed E-state index contributed by atoms with van der Waals surface area (Å²) in [5.41, 5.74) is 0.435. The Balaban J connectivity index is 2.30. The highest BCUT2D eigenvalue weighted by atomic mass is 79.9. The van der Waals surface area contributed by atoms with E-state index >= 15 is 0 Å². The molecule has 0 aromatic heterocycles. The van der Waals surface area contributed by atoms with Gasteiger partial charge in [0.15, 0.2) is 0 Å². The minimum atomic E-state index is -0.936. The van der Waals surface area contributed by atoms with Crippen LogP contribution in [0.2, 0.25) is 0 Å². The number of rotatable bonds is 4. The summed E-state index contributed by atoms with van der Waals surface area (Å²) < 4.78 is 46.0. The summed E-state index contributed by atoms with van der Waals surface area (Å²) in [6, 6.07) is 8.20. The fraction of sp³-hybridized carbons (Fsp3) is 0.250. The Morgan fingerprint density at radius 1 is 0.952 bits per heavy atom. The summed E-state index contributed by atoms with van der Waals surface area (Å²) in [6.07, 6.45) is 0.0441. The van der Waals surface area contributed by atoms with Gasteiger partial charge in [0.05, 0.1) is 10.9 Å². The number of alkyl halides is 1. The second-order valence-electron chi connectivity index (χ2n) is 4.88. The largest absolute Gasteiger partial charge is 0.491 e. The molecule has 0 bridgehead atoms. The minimum absolute atomic E-state index is 0.0441. The van der Waals surface area contributed by atoms with Crippen LogP contribution >= 0.6 is 15.9 Å². The molecule has 2 aromatic carbocycles. The van der Waals surface area contributed by atoms with Crippen molar-refractivity contribution in [1.82, 2.24) is 0 Å². The molecule has 1 nitrogen and oxygen atoms in total. The fourth-order valence-corrected chi connectivity index (χ4v) is 2.69. The van der Waals surface area contributed by atoms with E-state index in [4.69, 9.17) is 4.74 Å². The number of ether oxygens (including phenoxy) is 1. The molecule has 1 unspecified atom stereocenters. The molecule has 0 saturated heterocycles. The molecule has 0 saturated carbocycles. The van der Waals surface area contributed by atoms with Crippen molar-refractivity contribution in [3.05, 3.63) is 65.0 Å². The number of hydrogen-bond acceptors (Lipinski definition) is 1. The molecular formula is C16H14BrF3O. The van der Waals surface area contributed by atoms with E-state index in [1.807, 2.05) is 13.8 Å². The third-order valence-electron chi connectivity index (χ3n) is 2.84. The first-order valence-electron chi connectivity index (χ1n) is 6.43. The van der Waals surface area contributed by atoms with Crippen molar-refractivity contribution in [2.45, 2.75) is 24.8 Å². The second-order valence-corrected chi connectivity index (χ2v) is 5.80. The van der Waals surface area contributed by atoms with Crippen LogP contribution in [0.15, 0.2) is 36.4 Å². The molecule has 0 radical (unpaired) electrons. The molecule has 0 N–H and O–H groups in total. The first kappa shape index (κ1) is 15.9. The zero-order valence-corrected chi connectivity index (χ0v) is 13.1. The van der Waals surface area contributed by atoms with Crippen LogP contribution in [0.4, 0.5) is 13.2 Å². The number of hydrogen-bond donors (Lipinski definition) is 0. The molecule has 0 aliphatic heterocycles. The normalized spacial score (nSPS) is 12.5. The van der Waals surface area contributed by atoms with Gasteiger partial charge in [-0.05, 0) is 31.5 Å². The lowest BCUT2D eigenvalue weighted by molar-refractivity contribution is 0.242. The first-order valence-corrected chi connectivity index (χ1v) is 7.35. The van der Waals surface area contributed by atoms with Crippen LogP contribution in [0.3, 0.4) is 0 Å². The summed E-state index contributed by atoms with van der Waals surface area (Å²) in [5, 5.41) is 0. The molecular weight excluding hydrogens is 345 g/mol. The van der Waals surface area contributed by atoms with Gasteiger partial charge in [-0.1, -0.05) is 28.1 Å². The summed E-state index contributed by atoms with van der Waals surface area (Å²) in [5.74, 6) is -2.10. The van der Waals surface area contributed by atoms with Gasteiger partial charge >= 0.3 is 0 Å². The quantitative estimate of drug-likeness (QED) is 0.667. The van der Waals surface area contributed by atoms with Crippen molar-refractivity contribution in [3.63, 3.8) is 0 Å². The van der Waals surface area contributed by atoms with Crippen molar-refractivity contribution < 1.29 is 17.9 Å². The smallest absolute Gasteiger partial charge is 0.133 e. The fourth-order valence-electron chi connectivity index (χ4n) is 1.95. The van der Waals surface area contributed by atoms with Crippen molar-refractivity contribution in [2.24, 2.45) is 0 Å². The van der Waals surface area contributed by atoms with Crippen molar-refractivity contribution in [3.8, 4) is 5.75 Å². The van der Waals surface area contributed by atoms with E-state index in [-0.39, 0.29) is 11.7 Å². The van der Waals surface area contributed by atoms with Crippen molar-refractivity contribution >= 4 is 15.9 Å². The maximum atomic E-state index is 13.8. The van der Waals surface area contributed by atoms with E-state index in [0.717, 1.165) is 0 Å². The van der Waals surface area contributed by atoms with Crippen LogP contribution in [0.25, 0.3) is 0 Å². The molecule has 2 rings (SSSR count). The van der Waals surface area contributed by atoms with E-state index < -0.39 is 22.3 Å². The standard InChI is InChI=1S/C16H14BrF3O/c1-9(2)21-12-5-3-10(4-6-12)16(17)15-13(19)7-11(18)8-14(15)20/h3-9,16H,1-2H3. The van der Waals surface area contributed by atoms with E-state index in [1.165, 1.54) is 0 Å². The molecule has 0 aliphatic carbocycles. The average molecular weight is 359 g/mol. The van der Waals surface area contributed by atoms with E-state index in [9.17, 15) is 13.2 Å². The molecule has 0 aliphatic rings. The van der Waals surface area contributed by atoms with Gasteiger partial charge < -0.3 is 4.74 Å². The molecule has 2 aromatic rings. The number of benzene rings is 2. The number of halogens is 4. The molecule has 0 spiro atoms. The predicted molar refractivity (Wildman–Crippen MR) is 79.3 cm³/mol. The van der Waals surface area contributed by atoms with Gasteiger partial charge in [-0.2, -0.15) is 0 Å². The molecule has 0 amide bonds. The van der Waals surface area contributed by atoms with Crippen molar-refractivity contribution in [1.29, 1.82) is 0 Å². The molecule has 0 heterocycles. The van der Waals surface area contributed by atoms with Crippen LogP contribution in [0, 0.1) is 17.5 Å². The molecule has 0 fully saturated rings. The Labute approximate surface area is 129 Å². The van der Waals surface area contributed by atoms with Crippen LogP contribution in [-0.2, 0) is 0 Å². The van der Waals surface area contributed by atoms with Gasteiger partial charge in [-0.15, -0.1) is 0 Å². The van der Waals surface area contributed by atoms with Crippen LogP contribution in [0.1, 0.15) is 29.8 Å². The predicted octanol–water partition coefficient (Wildman–Crippen LogP) is 5.38. The summed E-state index contributed by atoms with van der Waals surface area (Å²) in [4.78, 5) is -0.703. The second kappa shape index (κ2) is 6.52. The highest BCUT2D eigenvalue weighted by Crippen LogP contribution is 2.35. The van der Waals surface area contributed by atoms with E-state index in [0.29, 0.717) is 23.4 Å². The Morgan fingerprint density at radius 3 is 1.95 bits per heavy atom. The molecule has 1 atom stereocenters. The lowest BCUT2D eigenvalue weighted by atomic mass is 10.0. The van der Waals surface area contributed by atoms with Gasteiger partial charge in [-0.3, -0.25) is 0 Å². The van der Waals surface area contributed by atoms with Gasteiger partial charge in [0.25, 0.3) is 0 Å². The van der Waals surface area contributed by atoms with Gasteiger partial charge in [-0.25, -0.2) is 13.2 Å². The van der Waals surface area contributed by atoms with Crippen LogP contribution in [-0.4, -0.2) is 6.10 Å². The average Bonchev–Trinajstić information content (AvgIpc) is 2.37. The third-order valence-corrected chi connectivity index (χ3v) is 3.83. The maximum Gasteiger partial charge on any atom is 0.133 e. The topological polar surface area (TPSA) is 9.23 Å². The van der Waals surface area contributed by atoms with Crippen molar-refractivity contribution in [2.75, 3.05) is 0 Å². The zero-order chi connectivity index (χ0) is 15.6. The Bertz CT molecular complexity index is 603. The van der Waals surface area contributed by atoms with Crippen LogP contribution in [0.5, 0.6) is 5.75 Å². The summed E-state index contributed by atoms with van der Waals surface area (Å²) in [6.45, 7) is 3.81. The third kappa shape index (κ3) is 3.79. The lowest BCUT2D eigenvalue weighted by Crippen LogP contribution is -2.06. The first-order chi connectivity index (χ1) is 9.88. The van der Waals surface area contributed by atoms with Crippen LogP contribution < -0.4 is 4.74 Å². The Hall–Kier alpha value is -1.49. The summed E-state index contributed by atoms with van der Waals surface area (Å²) in [7, 11) is 0. The Morgan fingerprint density at radius 2 is 1.48 bits per heavy atom. The highest BCUT2D eigenvalue weighted by molar-refractivity contribution is 9.09. The zero-order valence-electron chi connectivity index (χ0n) is 11.5. The summed E-state index contributed by atoms with van der Waals surface area (Å²) >= 11 is 3.25.